The molecule has 0 spiro atoms. The predicted octanol–water partition coefficient (Wildman–Crippen LogP) is 2.30. The first-order valence-corrected chi connectivity index (χ1v) is 10.5. The summed E-state index contributed by atoms with van der Waals surface area (Å²) in [5.74, 6) is 0.946. The Morgan fingerprint density at radius 1 is 0.792 bits per heavy atom. The van der Waals surface area contributed by atoms with Gasteiger partial charge in [-0.2, -0.15) is 0 Å². The standard InChI is InChI=1S/2C10H20N2/c1-8(2)12-6-4-10-9(7-12)3-5-11-10;1-8(2)12-7-3-4-9-10(12)5-6-11-9/h2*8-11H,3-7H2,1-2H3. The molecule has 4 unspecified atom stereocenters. The molecule has 4 aliphatic heterocycles. The molecule has 4 atom stereocenters. The number of nitrogens with zero attached hydrogens (tertiary/aromatic N) is 2. The van der Waals surface area contributed by atoms with E-state index in [1.54, 1.807) is 0 Å². The number of fused-ring (bicyclic) bond motifs is 2. The van der Waals surface area contributed by atoms with E-state index in [4.69, 9.17) is 0 Å². The summed E-state index contributed by atoms with van der Waals surface area (Å²) in [5.41, 5.74) is 0. The highest BCUT2D eigenvalue weighted by atomic mass is 15.2. The van der Waals surface area contributed by atoms with Gasteiger partial charge in [0, 0.05) is 36.8 Å². The Kier molecular flexibility index (Phi) is 6.58. The maximum Gasteiger partial charge on any atom is 0.0264 e. The van der Waals surface area contributed by atoms with E-state index in [1.807, 2.05) is 0 Å². The molecule has 4 nitrogen and oxygen atoms in total. The van der Waals surface area contributed by atoms with Gasteiger partial charge < -0.3 is 15.5 Å². The van der Waals surface area contributed by atoms with E-state index >= 15 is 0 Å². The van der Waals surface area contributed by atoms with Crippen molar-refractivity contribution in [3.05, 3.63) is 0 Å². The van der Waals surface area contributed by atoms with Gasteiger partial charge in [0.25, 0.3) is 0 Å². The molecule has 0 aliphatic carbocycles. The van der Waals surface area contributed by atoms with Gasteiger partial charge in [-0.15, -0.1) is 0 Å². The molecule has 4 heteroatoms. The molecule has 0 saturated carbocycles. The van der Waals surface area contributed by atoms with Crippen LogP contribution in [0.3, 0.4) is 0 Å². The molecule has 4 fully saturated rings. The van der Waals surface area contributed by atoms with Crippen LogP contribution in [0.1, 0.15) is 59.8 Å². The first kappa shape index (κ1) is 18.6. The van der Waals surface area contributed by atoms with Crippen LogP contribution in [-0.2, 0) is 0 Å². The Balaban J connectivity index is 0.000000141. The third-order valence-corrected chi connectivity index (χ3v) is 6.75. The summed E-state index contributed by atoms with van der Waals surface area (Å²) in [4.78, 5) is 5.29. The third kappa shape index (κ3) is 4.32. The molecule has 0 aromatic heterocycles. The fourth-order valence-corrected chi connectivity index (χ4v) is 5.29. The van der Waals surface area contributed by atoms with Crippen LogP contribution >= 0.6 is 0 Å². The molecular formula is C20H40N4. The second-order valence-electron chi connectivity index (χ2n) is 8.88. The molecule has 0 radical (unpaired) electrons. The van der Waals surface area contributed by atoms with E-state index in [0.29, 0.717) is 0 Å². The first-order valence-electron chi connectivity index (χ1n) is 10.5. The van der Waals surface area contributed by atoms with Crippen LogP contribution in [0.25, 0.3) is 0 Å². The molecular weight excluding hydrogens is 296 g/mol. The molecule has 0 aromatic rings. The first-order chi connectivity index (χ1) is 11.6. The van der Waals surface area contributed by atoms with Gasteiger partial charge in [0.05, 0.1) is 0 Å². The van der Waals surface area contributed by atoms with Gasteiger partial charge in [0.15, 0.2) is 0 Å². The van der Waals surface area contributed by atoms with Gasteiger partial charge in [0.2, 0.25) is 0 Å². The number of piperidine rings is 2. The van der Waals surface area contributed by atoms with E-state index in [-0.39, 0.29) is 0 Å². The van der Waals surface area contributed by atoms with E-state index in [9.17, 15) is 0 Å². The normalized spacial score (nSPS) is 37.2. The number of hydrogen-bond acceptors (Lipinski definition) is 4. The van der Waals surface area contributed by atoms with Gasteiger partial charge >= 0.3 is 0 Å². The van der Waals surface area contributed by atoms with Crippen LogP contribution in [0, 0.1) is 5.92 Å². The van der Waals surface area contributed by atoms with E-state index in [2.05, 4.69) is 48.1 Å². The van der Waals surface area contributed by atoms with Crippen LogP contribution in [0.2, 0.25) is 0 Å². The molecule has 0 amide bonds. The van der Waals surface area contributed by atoms with E-state index < -0.39 is 0 Å². The quantitative estimate of drug-likeness (QED) is 0.810. The van der Waals surface area contributed by atoms with Crippen LogP contribution in [0.15, 0.2) is 0 Å². The second kappa shape index (κ2) is 8.48. The summed E-state index contributed by atoms with van der Waals surface area (Å²) in [5, 5.41) is 7.19. The fourth-order valence-electron chi connectivity index (χ4n) is 5.29. The zero-order valence-corrected chi connectivity index (χ0v) is 16.4. The van der Waals surface area contributed by atoms with Gasteiger partial charge in [0.1, 0.15) is 0 Å². The minimum atomic E-state index is 0.734. The molecule has 0 bridgehead atoms. The Bertz CT molecular complexity index is 384. The summed E-state index contributed by atoms with van der Waals surface area (Å²) >= 11 is 0. The lowest BCUT2D eigenvalue weighted by molar-refractivity contribution is 0.104. The average molecular weight is 337 g/mol. The summed E-state index contributed by atoms with van der Waals surface area (Å²) in [6.45, 7) is 15.7. The number of hydrogen-bond donors (Lipinski definition) is 2. The zero-order valence-electron chi connectivity index (χ0n) is 16.4. The topological polar surface area (TPSA) is 30.5 Å². The minimum Gasteiger partial charge on any atom is -0.314 e. The predicted molar refractivity (Wildman–Crippen MR) is 102 cm³/mol. The molecule has 4 aliphatic rings. The number of rotatable bonds is 2. The second-order valence-corrected chi connectivity index (χ2v) is 8.88. The largest absolute Gasteiger partial charge is 0.314 e. The van der Waals surface area contributed by atoms with Gasteiger partial charge in [-0.3, -0.25) is 4.90 Å². The number of nitrogens with one attached hydrogen (secondary N) is 2. The van der Waals surface area contributed by atoms with Crippen LogP contribution in [-0.4, -0.2) is 72.7 Å². The third-order valence-electron chi connectivity index (χ3n) is 6.75. The Hall–Kier alpha value is -0.160. The van der Waals surface area contributed by atoms with Crippen molar-refractivity contribution in [1.29, 1.82) is 0 Å². The lowest BCUT2D eigenvalue weighted by Gasteiger charge is -2.40. The molecule has 24 heavy (non-hydrogen) atoms. The summed E-state index contributed by atoms with van der Waals surface area (Å²) in [6, 6.07) is 3.98. The van der Waals surface area contributed by atoms with Crippen molar-refractivity contribution in [2.45, 2.75) is 90.0 Å². The SMILES string of the molecule is CC(C)N1CCC2NCCC2C1.CC(C)N1CCCC2NCCC21. The Morgan fingerprint density at radius 2 is 1.54 bits per heavy atom. The van der Waals surface area contributed by atoms with Crippen LogP contribution in [0.4, 0.5) is 0 Å². The monoisotopic (exact) mass is 336 g/mol. The van der Waals surface area contributed by atoms with Crippen molar-refractivity contribution in [2.75, 3.05) is 32.7 Å². The molecule has 140 valence electrons. The smallest absolute Gasteiger partial charge is 0.0264 e. The summed E-state index contributed by atoms with van der Waals surface area (Å²) in [7, 11) is 0. The van der Waals surface area contributed by atoms with Crippen molar-refractivity contribution in [1.82, 2.24) is 20.4 Å². The minimum absolute atomic E-state index is 0.734. The lowest BCUT2D eigenvalue weighted by Crippen LogP contribution is -2.51. The molecule has 4 rings (SSSR count). The molecule has 4 saturated heterocycles. The van der Waals surface area contributed by atoms with E-state index in [0.717, 1.165) is 36.1 Å². The average Bonchev–Trinajstić information content (AvgIpc) is 3.22. The Morgan fingerprint density at radius 3 is 2.29 bits per heavy atom. The fraction of sp³-hybridized carbons (Fsp3) is 1.00. The van der Waals surface area contributed by atoms with E-state index in [1.165, 1.54) is 64.8 Å². The zero-order chi connectivity index (χ0) is 17.1. The molecule has 0 aromatic carbocycles. The maximum atomic E-state index is 3.60. The van der Waals surface area contributed by atoms with Crippen molar-refractivity contribution < 1.29 is 0 Å². The highest BCUT2D eigenvalue weighted by Gasteiger charge is 2.35. The number of likely N-dealkylation sites (tertiary alicyclic amines) is 2. The van der Waals surface area contributed by atoms with Crippen molar-refractivity contribution in [2.24, 2.45) is 5.92 Å². The van der Waals surface area contributed by atoms with Crippen LogP contribution < -0.4 is 10.6 Å². The van der Waals surface area contributed by atoms with Crippen LogP contribution in [0.5, 0.6) is 0 Å². The van der Waals surface area contributed by atoms with Crippen molar-refractivity contribution in [3.63, 3.8) is 0 Å². The summed E-state index contributed by atoms with van der Waals surface area (Å²) in [6.07, 6.45) is 6.90. The highest BCUT2D eigenvalue weighted by Crippen LogP contribution is 2.26. The maximum absolute atomic E-state index is 3.60. The van der Waals surface area contributed by atoms with Gasteiger partial charge in [-0.25, -0.2) is 0 Å². The molecule has 2 N–H and O–H groups in total. The van der Waals surface area contributed by atoms with Gasteiger partial charge in [-0.1, -0.05) is 0 Å². The Labute approximate surface area is 149 Å². The highest BCUT2D eigenvalue weighted by molar-refractivity contribution is 4.95. The van der Waals surface area contributed by atoms with Gasteiger partial charge in [-0.05, 0) is 91.9 Å². The molecule has 4 heterocycles. The lowest BCUT2D eigenvalue weighted by atomic mass is 9.93. The van der Waals surface area contributed by atoms with Crippen molar-refractivity contribution in [3.8, 4) is 0 Å². The summed E-state index contributed by atoms with van der Waals surface area (Å²) < 4.78 is 0. The van der Waals surface area contributed by atoms with Crippen molar-refractivity contribution >= 4 is 0 Å².